The maximum Gasteiger partial charge on any atom is 0.306 e. The third-order valence-corrected chi connectivity index (χ3v) is 13.4. The molecule has 0 N–H and O–H groups in total. The first kappa shape index (κ1) is 71.1. The molecule has 6 nitrogen and oxygen atoms in total. The smallest absolute Gasteiger partial charge is 0.306 e. The molecule has 0 saturated carbocycles. The fraction of sp³-hybridized carbons (Fsp3) is 0.696. The van der Waals surface area contributed by atoms with Crippen LogP contribution >= 0.6 is 0 Å². The van der Waals surface area contributed by atoms with Gasteiger partial charge < -0.3 is 14.2 Å². The second-order valence-electron chi connectivity index (χ2n) is 20.8. The Hall–Kier alpha value is -3.93. The number of allylic oxidation sites excluding steroid dienone is 18. The molecule has 0 fully saturated rings. The van der Waals surface area contributed by atoms with E-state index in [9.17, 15) is 14.4 Å². The average molecular weight is 1040 g/mol. The Morgan fingerprint density at radius 3 is 0.867 bits per heavy atom. The van der Waals surface area contributed by atoms with E-state index in [-0.39, 0.29) is 31.1 Å². The number of esters is 3. The number of hydrogen-bond donors (Lipinski definition) is 0. The largest absolute Gasteiger partial charge is 0.462 e. The van der Waals surface area contributed by atoms with Gasteiger partial charge in [0.25, 0.3) is 0 Å². The molecule has 428 valence electrons. The maximum absolute atomic E-state index is 12.9. The highest BCUT2D eigenvalue weighted by atomic mass is 16.6. The molecular weight excluding hydrogens is 925 g/mol. The van der Waals surface area contributed by atoms with Crippen molar-refractivity contribution in [2.45, 2.75) is 297 Å². The lowest BCUT2D eigenvalue weighted by molar-refractivity contribution is -0.167. The quantitative estimate of drug-likeness (QED) is 0.0199. The van der Waals surface area contributed by atoms with Crippen molar-refractivity contribution in [2.75, 3.05) is 13.2 Å². The minimum absolute atomic E-state index is 0.0976. The molecule has 1 atom stereocenters. The van der Waals surface area contributed by atoms with Gasteiger partial charge in [-0.15, -0.1) is 0 Å². The summed E-state index contributed by atoms with van der Waals surface area (Å²) in [5.41, 5.74) is 0. The summed E-state index contributed by atoms with van der Waals surface area (Å²) in [7, 11) is 0. The minimum atomic E-state index is -0.805. The molecule has 0 rings (SSSR count). The fourth-order valence-electron chi connectivity index (χ4n) is 8.71. The Kier molecular flexibility index (Phi) is 59.3. The zero-order valence-corrected chi connectivity index (χ0v) is 49.0. The molecule has 0 spiro atoms. The lowest BCUT2D eigenvalue weighted by Gasteiger charge is -2.18. The molecule has 0 aliphatic carbocycles. The van der Waals surface area contributed by atoms with E-state index in [1.165, 1.54) is 180 Å². The number of carbonyl (C=O) groups is 3. The third-order valence-electron chi connectivity index (χ3n) is 13.4. The Bertz CT molecular complexity index is 1520. The van der Waals surface area contributed by atoms with Crippen LogP contribution in [0, 0.1) is 0 Å². The van der Waals surface area contributed by atoms with E-state index in [1.807, 2.05) is 66.8 Å². The van der Waals surface area contributed by atoms with Crippen molar-refractivity contribution in [3.63, 3.8) is 0 Å². The van der Waals surface area contributed by atoms with Crippen LogP contribution in [0.2, 0.25) is 0 Å². The normalized spacial score (nSPS) is 12.8. The zero-order chi connectivity index (χ0) is 54.3. The molecule has 0 aliphatic heterocycles. The van der Waals surface area contributed by atoms with Crippen LogP contribution in [0.1, 0.15) is 290 Å². The Labute approximate surface area is 463 Å². The number of ether oxygens (including phenoxy) is 3. The molecule has 0 amide bonds. The summed E-state index contributed by atoms with van der Waals surface area (Å²) in [5.74, 6) is -0.945. The predicted octanol–water partition coefficient (Wildman–Crippen LogP) is 21.4. The second-order valence-corrected chi connectivity index (χ2v) is 20.8. The van der Waals surface area contributed by atoms with E-state index in [2.05, 4.69) is 63.3 Å². The van der Waals surface area contributed by atoms with E-state index in [1.54, 1.807) is 0 Å². The summed E-state index contributed by atoms with van der Waals surface area (Å²) in [5, 5.41) is 0. The molecule has 75 heavy (non-hydrogen) atoms. The molecule has 0 heterocycles. The lowest BCUT2D eigenvalue weighted by Crippen LogP contribution is -2.30. The molecule has 1 unspecified atom stereocenters. The van der Waals surface area contributed by atoms with Gasteiger partial charge in [0.15, 0.2) is 6.10 Å². The number of carbonyl (C=O) groups excluding carboxylic acids is 3. The Balaban J connectivity index is 4.49. The number of rotatable bonds is 56. The van der Waals surface area contributed by atoms with Crippen molar-refractivity contribution in [3.05, 3.63) is 109 Å². The van der Waals surface area contributed by atoms with Crippen LogP contribution in [-0.4, -0.2) is 37.2 Å². The van der Waals surface area contributed by atoms with Crippen molar-refractivity contribution in [2.24, 2.45) is 0 Å². The molecule has 0 radical (unpaired) electrons. The van der Waals surface area contributed by atoms with E-state index in [0.29, 0.717) is 19.3 Å². The van der Waals surface area contributed by atoms with Gasteiger partial charge in [-0.2, -0.15) is 0 Å². The Morgan fingerprint density at radius 2 is 0.533 bits per heavy atom. The molecule has 0 aromatic rings. The van der Waals surface area contributed by atoms with E-state index in [0.717, 1.165) is 70.6 Å². The summed E-state index contributed by atoms with van der Waals surface area (Å²) in [6, 6.07) is 0. The summed E-state index contributed by atoms with van der Waals surface area (Å²) in [6.07, 6.45) is 85.1. The van der Waals surface area contributed by atoms with E-state index >= 15 is 0 Å². The molecular formula is C69H116O6. The summed E-state index contributed by atoms with van der Waals surface area (Å²) in [6.45, 7) is 6.47. The van der Waals surface area contributed by atoms with Crippen molar-refractivity contribution < 1.29 is 28.6 Å². The summed E-state index contributed by atoms with van der Waals surface area (Å²) >= 11 is 0. The SMILES string of the molecule is CC\C=C/C=C\C=C/C=C\C=C\C=C/C=C\CCCCCC(=O)OCC(COC(=O)CCCCCCCCC/C=C\CCCCCCCCCC)OC(=O)CCCCCCCCC/C=C\CCCCCCCCCC. The molecule has 0 saturated heterocycles. The van der Waals surface area contributed by atoms with Crippen LogP contribution in [-0.2, 0) is 28.6 Å². The van der Waals surface area contributed by atoms with Gasteiger partial charge in [-0.05, 0) is 89.9 Å². The topological polar surface area (TPSA) is 78.9 Å². The maximum atomic E-state index is 12.9. The van der Waals surface area contributed by atoms with Gasteiger partial charge in [-0.1, -0.05) is 291 Å². The molecule has 0 aromatic heterocycles. The predicted molar refractivity (Wildman–Crippen MR) is 325 cm³/mol. The highest BCUT2D eigenvalue weighted by Gasteiger charge is 2.19. The van der Waals surface area contributed by atoms with Crippen molar-refractivity contribution in [1.82, 2.24) is 0 Å². The Morgan fingerprint density at radius 1 is 0.280 bits per heavy atom. The van der Waals surface area contributed by atoms with Crippen LogP contribution < -0.4 is 0 Å². The summed E-state index contributed by atoms with van der Waals surface area (Å²) < 4.78 is 16.9. The highest BCUT2D eigenvalue weighted by Crippen LogP contribution is 2.16. The monoisotopic (exact) mass is 1040 g/mol. The first-order chi connectivity index (χ1) is 37.0. The van der Waals surface area contributed by atoms with Gasteiger partial charge in [0.1, 0.15) is 13.2 Å². The molecule has 0 aromatic carbocycles. The van der Waals surface area contributed by atoms with Gasteiger partial charge in [-0.25, -0.2) is 0 Å². The highest BCUT2D eigenvalue weighted by molar-refractivity contribution is 5.71. The zero-order valence-electron chi connectivity index (χ0n) is 49.0. The molecule has 0 bridgehead atoms. The van der Waals surface area contributed by atoms with Gasteiger partial charge in [0.05, 0.1) is 0 Å². The van der Waals surface area contributed by atoms with Crippen LogP contribution in [0.3, 0.4) is 0 Å². The van der Waals surface area contributed by atoms with Gasteiger partial charge in [0.2, 0.25) is 0 Å². The fourth-order valence-corrected chi connectivity index (χ4v) is 8.71. The van der Waals surface area contributed by atoms with Gasteiger partial charge in [-0.3, -0.25) is 14.4 Å². The molecule has 6 heteroatoms. The van der Waals surface area contributed by atoms with Gasteiger partial charge in [0, 0.05) is 19.3 Å². The van der Waals surface area contributed by atoms with Crippen LogP contribution in [0.5, 0.6) is 0 Å². The summed E-state index contributed by atoms with van der Waals surface area (Å²) in [4.78, 5) is 38.3. The van der Waals surface area contributed by atoms with Crippen molar-refractivity contribution in [1.29, 1.82) is 0 Å². The van der Waals surface area contributed by atoms with Crippen LogP contribution in [0.15, 0.2) is 109 Å². The third kappa shape index (κ3) is 60.8. The van der Waals surface area contributed by atoms with E-state index < -0.39 is 6.10 Å². The molecule has 0 aliphatic rings. The number of unbranched alkanes of at least 4 members (excludes halogenated alkanes) is 33. The number of hydrogen-bond acceptors (Lipinski definition) is 6. The van der Waals surface area contributed by atoms with Crippen LogP contribution in [0.25, 0.3) is 0 Å². The van der Waals surface area contributed by atoms with Crippen LogP contribution in [0.4, 0.5) is 0 Å². The van der Waals surface area contributed by atoms with Gasteiger partial charge >= 0.3 is 17.9 Å². The van der Waals surface area contributed by atoms with E-state index in [4.69, 9.17) is 14.2 Å². The second kappa shape index (κ2) is 62.6. The standard InChI is InChI=1S/C69H116O6/c1-4-7-10-13-16-19-22-25-28-31-34-37-40-43-46-49-52-55-58-61-67(70)73-64-66(75-69(72)63-60-57-54-51-48-45-42-39-36-33-30-27-24-21-18-15-12-9-6-3)65-74-68(71)62-59-56-53-50-47-44-41-38-35-32-29-26-23-20-17-14-11-8-5-2/h7,10,13,16,19,22,25,28,31-37,40,43,46,66H,4-6,8-9,11-12,14-15,17-18,20-21,23-24,26-27,29-30,38-39,41-42,44-45,47-65H2,1-3H3/b10-7-,16-13-,22-19-,28-25-,34-31+,35-32-,36-33-,40-37-,46-43-. The van der Waals surface area contributed by atoms with Crippen molar-refractivity contribution >= 4 is 17.9 Å². The first-order valence-corrected chi connectivity index (χ1v) is 31.5. The van der Waals surface area contributed by atoms with Crippen molar-refractivity contribution in [3.8, 4) is 0 Å². The lowest BCUT2D eigenvalue weighted by atomic mass is 10.1. The minimum Gasteiger partial charge on any atom is -0.462 e. The first-order valence-electron chi connectivity index (χ1n) is 31.5. The average Bonchev–Trinajstić information content (AvgIpc) is 3.41.